The van der Waals surface area contributed by atoms with Crippen molar-refractivity contribution in [2.75, 3.05) is 7.05 Å². The van der Waals surface area contributed by atoms with E-state index in [1.54, 1.807) is 0 Å². The summed E-state index contributed by atoms with van der Waals surface area (Å²) in [6.45, 7) is 5.18. The third kappa shape index (κ3) is 3.27. The summed E-state index contributed by atoms with van der Waals surface area (Å²) in [5, 5.41) is 0. The lowest BCUT2D eigenvalue weighted by molar-refractivity contribution is 0.380. The van der Waals surface area contributed by atoms with Gasteiger partial charge in [-0.1, -0.05) is 6.92 Å². The highest BCUT2D eigenvalue weighted by Crippen LogP contribution is 2.25. The molecule has 0 saturated heterocycles. The minimum Gasteiger partial charge on any atom is -0.207 e. The third-order valence-electron chi connectivity index (χ3n) is 3.38. The zero-order chi connectivity index (χ0) is 14.8. The van der Waals surface area contributed by atoms with E-state index in [0.29, 0.717) is 12.0 Å². The largest absolute Gasteiger partial charge is 0.243 e. The Morgan fingerprint density at radius 1 is 1.42 bits per heavy atom. The summed E-state index contributed by atoms with van der Waals surface area (Å²) in [5.41, 5.74) is 0.588. The molecule has 19 heavy (non-hydrogen) atoms. The van der Waals surface area contributed by atoms with Gasteiger partial charge in [0.1, 0.15) is 5.82 Å². The highest BCUT2D eigenvalue weighted by molar-refractivity contribution is 7.89. The molecule has 0 bridgehead atoms. The van der Waals surface area contributed by atoms with Crippen LogP contribution < -0.4 is 0 Å². The van der Waals surface area contributed by atoms with Crippen molar-refractivity contribution in [2.24, 2.45) is 0 Å². The van der Waals surface area contributed by atoms with E-state index in [2.05, 4.69) is 0 Å². The molecule has 3 nitrogen and oxygen atoms in total. The van der Waals surface area contributed by atoms with Gasteiger partial charge in [-0.05, 0) is 38.0 Å². The van der Waals surface area contributed by atoms with Crippen LogP contribution in [0.5, 0.6) is 0 Å². The molecule has 0 amide bonds. The molecule has 6 heteroatoms. The van der Waals surface area contributed by atoms with Crippen LogP contribution in [0.1, 0.15) is 31.4 Å². The molecule has 1 atom stereocenters. The highest BCUT2D eigenvalue weighted by Gasteiger charge is 2.27. The number of halogens is 2. The molecule has 0 aromatic heterocycles. The first-order valence-corrected chi connectivity index (χ1v) is 8.06. The summed E-state index contributed by atoms with van der Waals surface area (Å²) in [5.74, 6) is -0.471. The molecule has 0 saturated carbocycles. The first-order chi connectivity index (χ1) is 8.75. The Morgan fingerprint density at radius 2 is 2.00 bits per heavy atom. The first kappa shape index (κ1) is 16.4. The van der Waals surface area contributed by atoms with Crippen molar-refractivity contribution in [2.45, 2.75) is 44.0 Å². The van der Waals surface area contributed by atoms with E-state index in [-0.39, 0.29) is 22.4 Å². The molecular weight excluding hydrogens is 289 g/mol. The summed E-state index contributed by atoms with van der Waals surface area (Å²) < 4.78 is 40.0. The lowest BCUT2D eigenvalue weighted by Gasteiger charge is -2.24. The van der Waals surface area contributed by atoms with Gasteiger partial charge in [-0.2, -0.15) is 4.31 Å². The average Bonchev–Trinajstić information content (AvgIpc) is 2.39. The van der Waals surface area contributed by atoms with Crippen LogP contribution in [0.15, 0.2) is 17.0 Å². The third-order valence-corrected chi connectivity index (χ3v) is 5.79. The minimum absolute atomic E-state index is 0.00838. The summed E-state index contributed by atoms with van der Waals surface area (Å²) in [6.07, 6.45) is 0.687. The summed E-state index contributed by atoms with van der Waals surface area (Å²) in [7, 11) is -2.19. The second-order valence-corrected chi connectivity index (χ2v) is 6.85. The quantitative estimate of drug-likeness (QED) is 0.783. The van der Waals surface area contributed by atoms with Gasteiger partial charge in [-0.15, -0.1) is 11.6 Å². The maximum Gasteiger partial charge on any atom is 0.243 e. The standard InChI is InChI=1S/C13H19ClFNO2S/c1-5-9(2)16(4)19(17,18)13-7-11(8-14)6-12(15)10(13)3/h6-7,9H,5,8H2,1-4H3. The molecule has 1 aromatic carbocycles. The normalized spacial score (nSPS) is 13.8. The molecule has 0 heterocycles. The maximum absolute atomic E-state index is 13.8. The molecule has 0 radical (unpaired) electrons. The van der Waals surface area contributed by atoms with Gasteiger partial charge in [-0.25, -0.2) is 12.8 Å². The Balaban J connectivity index is 3.40. The smallest absolute Gasteiger partial charge is 0.207 e. The van der Waals surface area contributed by atoms with Gasteiger partial charge in [-0.3, -0.25) is 0 Å². The van der Waals surface area contributed by atoms with E-state index in [9.17, 15) is 12.8 Å². The molecule has 108 valence electrons. The van der Waals surface area contributed by atoms with Crippen LogP contribution in [-0.4, -0.2) is 25.8 Å². The van der Waals surface area contributed by atoms with E-state index >= 15 is 0 Å². The van der Waals surface area contributed by atoms with E-state index < -0.39 is 15.8 Å². The summed E-state index contributed by atoms with van der Waals surface area (Å²) in [4.78, 5) is -0.00838. The lowest BCUT2D eigenvalue weighted by Crippen LogP contribution is -2.35. The van der Waals surface area contributed by atoms with Crippen LogP contribution in [0, 0.1) is 12.7 Å². The molecule has 1 unspecified atom stereocenters. The fourth-order valence-electron chi connectivity index (χ4n) is 1.70. The number of rotatable bonds is 5. The van der Waals surface area contributed by atoms with Gasteiger partial charge in [0.2, 0.25) is 10.0 Å². The number of nitrogens with zero attached hydrogens (tertiary/aromatic N) is 1. The van der Waals surface area contributed by atoms with Crippen molar-refractivity contribution in [3.8, 4) is 0 Å². The maximum atomic E-state index is 13.8. The Labute approximate surface area is 119 Å². The van der Waals surface area contributed by atoms with Gasteiger partial charge >= 0.3 is 0 Å². The number of sulfonamides is 1. The predicted octanol–water partition coefficient (Wildman–Crippen LogP) is 3.29. The number of benzene rings is 1. The molecule has 0 aliphatic rings. The van der Waals surface area contributed by atoms with E-state index in [0.717, 1.165) is 0 Å². The molecule has 1 rings (SSSR count). The van der Waals surface area contributed by atoms with Crippen molar-refractivity contribution < 1.29 is 12.8 Å². The van der Waals surface area contributed by atoms with Gasteiger partial charge in [0.05, 0.1) is 4.90 Å². The van der Waals surface area contributed by atoms with Crippen molar-refractivity contribution in [1.82, 2.24) is 4.31 Å². The van der Waals surface area contributed by atoms with Crippen LogP contribution in [0.2, 0.25) is 0 Å². The molecular formula is C13H19ClFNO2S. The molecule has 0 fully saturated rings. The van der Waals surface area contributed by atoms with Gasteiger partial charge < -0.3 is 0 Å². The van der Waals surface area contributed by atoms with E-state index in [1.165, 1.54) is 30.4 Å². The van der Waals surface area contributed by atoms with E-state index in [4.69, 9.17) is 11.6 Å². The molecule has 0 aliphatic heterocycles. The Hall–Kier alpha value is -0.650. The molecule has 1 aromatic rings. The second-order valence-electron chi connectivity index (χ2n) is 4.61. The zero-order valence-corrected chi connectivity index (χ0v) is 13.1. The van der Waals surface area contributed by atoms with Gasteiger partial charge in [0, 0.05) is 24.5 Å². The van der Waals surface area contributed by atoms with Gasteiger partial charge in [0.15, 0.2) is 0 Å². The van der Waals surface area contributed by atoms with Crippen LogP contribution in [0.4, 0.5) is 4.39 Å². The predicted molar refractivity (Wildman–Crippen MR) is 75.4 cm³/mol. The molecule has 0 spiro atoms. The summed E-state index contributed by atoms with van der Waals surface area (Å²) in [6, 6.07) is 2.57. The topological polar surface area (TPSA) is 37.4 Å². The van der Waals surface area contributed by atoms with Crippen molar-refractivity contribution in [3.63, 3.8) is 0 Å². The number of alkyl halides is 1. The van der Waals surface area contributed by atoms with Crippen LogP contribution in [-0.2, 0) is 15.9 Å². The van der Waals surface area contributed by atoms with Crippen molar-refractivity contribution in [3.05, 3.63) is 29.1 Å². The fourth-order valence-corrected chi connectivity index (χ4v) is 3.57. The monoisotopic (exact) mass is 307 g/mol. The fraction of sp³-hybridized carbons (Fsp3) is 0.538. The van der Waals surface area contributed by atoms with Crippen LogP contribution in [0.25, 0.3) is 0 Å². The Morgan fingerprint density at radius 3 is 2.47 bits per heavy atom. The van der Waals surface area contributed by atoms with Gasteiger partial charge in [0.25, 0.3) is 0 Å². The number of hydrogen-bond donors (Lipinski definition) is 0. The van der Waals surface area contributed by atoms with Crippen molar-refractivity contribution in [1.29, 1.82) is 0 Å². The van der Waals surface area contributed by atoms with Crippen LogP contribution >= 0.6 is 11.6 Å². The van der Waals surface area contributed by atoms with Crippen molar-refractivity contribution >= 4 is 21.6 Å². The highest BCUT2D eigenvalue weighted by atomic mass is 35.5. The minimum atomic E-state index is -3.70. The van der Waals surface area contributed by atoms with Crippen LogP contribution in [0.3, 0.4) is 0 Å². The Kier molecular flexibility index (Phi) is 5.35. The zero-order valence-electron chi connectivity index (χ0n) is 11.6. The summed E-state index contributed by atoms with van der Waals surface area (Å²) >= 11 is 5.67. The molecule has 0 N–H and O–H groups in total. The first-order valence-electron chi connectivity index (χ1n) is 6.08. The molecule has 0 aliphatic carbocycles. The van der Waals surface area contributed by atoms with E-state index in [1.807, 2.05) is 13.8 Å². The Bertz CT molecular complexity index is 560. The SMILES string of the molecule is CCC(C)N(C)S(=O)(=O)c1cc(CCl)cc(F)c1C. The second kappa shape index (κ2) is 6.20. The average molecular weight is 308 g/mol. The number of hydrogen-bond acceptors (Lipinski definition) is 2. The lowest BCUT2D eigenvalue weighted by atomic mass is 10.1.